The van der Waals surface area contributed by atoms with Crippen molar-refractivity contribution >= 4 is 11.9 Å². The van der Waals surface area contributed by atoms with Crippen molar-refractivity contribution in [2.45, 2.75) is 244 Å². The Labute approximate surface area is 364 Å². The predicted octanol–water partition coefficient (Wildman–Crippen LogP) is 14.6. The third-order valence-electron chi connectivity index (χ3n) is 10.9. The van der Waals surface area contributed by atoms with Crippen LogP contribution in [0.25, 0.3) is 0 Å². The van der Waals surface area contributed by atoms with Crippen molar-refractivity contribution in [3.63, 3.8) is 0 Å². The summed E-state index contributed by atoms with van der Waals surface area (Å²) in [6.07, 6.45) is 58.3. The number of amides is 1. The number of allylic oxidation sites excluding steroid dienone is 12. The van der Waals surface area contributed by atoms with Crippen LogP contribution in [0.3, 0.4) is 0 Å². The highest BCUT2D eigenvalue weighted by Crippen LogP contribution is 2.17. The van der Waals surface area contributed by atoms with Gasteiger partial charge in [-0.1, -0.05) is 222 Å². The van der Waals surface area contributed by atoms with E-state index >= 15 is 0 Å². The molecule has 340 valence electrons. The molecule has 0 radical (unpaired) electrons. The third kappa shape index (κ3) is 41.8. The first-order valence-electron chi connectivity index (χ1n) is 24.7. The minimum atomic E-state index is -0.806. The molecular weight excluding hydrogens is 731 g/mol. The molecule has 0 fully saturated rings. The summed E-state index contributed by atoms with van der Waals surface area (Å²) in [5, 5.41) is 23.7. The highest BCUT2D eigenvalue weighted by molar-refractivity contribution is 5.77. The number of ether oxygens (including phenoxy) is 1. The summed E-state index contributed by atoms with van der Waals surface area (Å²) < 4.78 is 5.86. The third-order valence-corrected chi connectivity index (χ3v) is 10.9. The number of nitrogens with one attached hydrogen (secondary N) is 1. The lowest BCUT2D eigenvalue weighted by molar-refractivity contribution is -0.151. The molecule has 0 spiro atoms. The van der Waals surface area contributed by atoms with Gasteiger partial charge in [0.1, 0.15) is 6.10 Å². The number of aliphatic hydroxyl groups excluding tert-OH is 2. The maximum atomic E-state index is 13.1. The maximum Gasteiger partial charge on any atom is 0.306 e. The summed E-state index contributed by atoms with van der Waals surface area (Å²) in [7, 11) is 0. The van der Waals surface area contributed by atoms with E-state index in [0.717, 1.165) is 64.2 Å². The topological polar surface area (TPSA) is 95.9 Å². The average Bonchev–Trinajstić information content (AvgIpc) is 3.23. The average molecular weight is 824 g/mol. The van der Waals surface area contributed by atoms with Crippen molar-refractivity contribution in [1.29, 1.82) is 0 Å². The highest BCUT2D eigenvalue weighted by atomic mass is 16.5. The Balaban J connectivity index is 4.57. The molecule has 0 heterocycles. The van der Waals surface area contributed by atoms with E-state index in [1.165, 1.54) is 109 Å². The van der Waals surface area contributed by atoms with Gasteiger partial charge in [0.2, 0.25) is 5.91 Å². The number of carbonyl (C=O) groups is 2. The fraction of sp³-hybridized carbons (Fsp3) is 0.736. The number of carbonyl (C=O) groups excluding carboxylic acids is 2. The van der Waals surface area contributed by atoms with Gasteiger partial charge in [-0.3, -0.25) is 9.59 Å². The summed E-state index contributed by atoms with van der Waals surface area (Å²) >= 11 is 0. The zero-order valence-electron chi connectivity index (χ0n) is 38.6. The van der Waals surface area contributed by atoms with Gasteiger partial charge in [0.05, 0.1) is 25.2 Å². The van der Waals surface area contributed by atoms with Crippen LogP contribution >= 0.6 is 0 Å². The van der Waals surface area contributed by atoms with Gasteiger partial charge in [-0.05, 0) is 64.2 Å². The fourth-order valence-corrected chi connectivity index (χ4v) is 7.16. The lowest BCUT2D eigenvalue weighted by Crippen LogP contribution is -2.46. The minimum Gasteiger partial charge on any atom is -0.462 e. The molecule has 0 aromatic rings. The zero-order chi connectivity index (χ0) is 43.1. The molecule has 0 aliphatic rings. The van der Waals surface area contributed by atoms with E-state index in [9.17, 15) is 19.8 Å². The van der Waals surface area contributed by atoms with Crippen molar-refractivity contribution < 1.29 is 24.5 Å². The molecule has 6 heteroatoms. The lowest BCUT2D eigenvalue weighted by atomic mass is 10.0. The molecule has 0 aliphatic carbocycles. The van der Waals surface area contributed by atoms with E-state index in [2.05, 4.69) is 44.3 Å². The number of hydrogen-bond donors (Lipinski definition) is 3. The SMILES string of the molecule is CC/C=C/C=C/C=C\C=C/C=C/CCCC(=O)OC(CCCCC/C=C\CCCCC)CC(=O)NC(CO)C(O)CCCCCCCCCCCCCCCCCCC. The maximum absolute atomic E-state index is 13.1. The quantitative estimate of drug-likeness (QED) is 0.0246. The molecule has 1 amide bonds. The van der Waals surface area contributed by atoms with Crippen molar-refractivity contribution in [3.05, 3.63) is 72.9 Å². The van der Waals surface area contributed by atoms with Gasteiger partial charge in [-0.25, -0.2) is 0 Å². The van der Waals surface area contributed by atoms with Gasteiger partial charge < -0.3 is 20.3 Å². The Hall–Kier alpha value is -2.70. The summed E-state index contributed by atoms with van der Waals surface area (Å²) in [5.41, 5.74) is 0. The van der Waals surface area contributed by atoms with Crippen LogP contribution in [-0.4, -0.2) is 46.9 Å². The van der Waals surface area contributed by atoms with E-state index in [1.807, 2.05) is 54.7 Å². The predicted molar refractivity (Wildman–Crippen MR) is 255 cm³/mol. The Morgan fingerprint density at radius 1 is 0.508 bits per heavy atom. The second kappa shape index (κ2) is 46.4. The Kier molecular flexibility index (Phi) is 44.2. The van der Waals surface area contributed by atoms with Gasteiger partial charge in [-0.15, -0.1) is 0 Å². The van der Waals surface area contributed by atoms with Crippen LogP contribution in [0.2, 0.25) is 0 Å². The van der Waals surface area contributed by atoms with E-state index in [1.54, 1.807) is 0 Å². The molecule has 0 bridgehead atoms. The van der Waals surface area contributed by atoms with E-state index < -0.39 is 18.2 Å². The van der Waals surface area contributed by atoms with Crippen molar-refractivity contribution in [1.82, 2.24) is 5.32 Å². The van der Waals surface area contributed by atoms with E-state index in [4.69, 9.17) is 4.74 Å². The van der Waals surface area contributed by atoms with Crippen LogP contribution in [0, 0.1) is 0 Å². The van der Waals surface area contributed by atoms with Crippen molar-refractivity contribution in [2.75, 3.05) is 6.61 Å². The smallest absolute Gasteiger partial charge is 0.306 e. The first-order chi connectivity index (χ1) is 29.0. The van der Waals surface area contributed by atoms with Crippen LogP contribution in [0.1, 0.15) is 226 Å². The number of aliphatic hydroxyl groups is 2. The second-order valence-corrected chi connectivity index (χ2v) is 16.6. The zero-order valence-corrected chi connectivity index (χ0v) is 38.6. The summed E-state index contributed by atoms with van der Waals surface area (Å²) in [5.74, 6) is -0.582. The lowest BCUT2D eigenvalue weighted by Gasteiger charge is -2.24. The fourth-order valence-electron chi connectivity index (χ4n) is 7.16. The van der Waals surface area contributed by atoms with Crippen LogP contribution in [0.5, 0.6) is 0 Å². The summed E-state index contributed by atoms with van der Waals surface area (Å²) in [4.78, 5) is 26.0. The summed E-state index contributed by atoms with van der Waals surface area (Å²) in [6, 6.07) is -0.722. The Morgan fingerprint density at radius 2 is 0.932 bits per heavy atom. The summed E-state index contributed by atoms with van der Waals surface area (Å²) in [6.45, 7) is 6.28. The van der Waals surface area contributed by atoms with Crippen LogP contribution in [0.4, 0.5) is 0 Å². The molecular formula is C53H93NO5. The van der Waals surface area contributed by atoms with Crippen LogP contribution in [0.15, 0.2) is 72.9 Å². The number of esters is 1. The molecule has 0 saturated carbocycles. The van der Waals surface area contributed by atoms with Crippen molar-refractivity contribution in [2.24, 2.45) is 0 Å². The minimum absolute atomic E-state index is 0.0354. The van der Waals surface area contributed by atoms with Gasteiger partial charge >= 0.3 is 5.97 Å². The molecule has 0 aromatic heterocycles. The molecule has 6 nitrogen and oxygen atoms in total. The number of unbranched alkanes of at least 4 members (excludes halogenated alkanes) is 23. The van der Waals surface area contributed by atoms with Crippen LogP contribution < -0.4 is 5.32 Å². The number of hydrogen-bond acceptors (Lipinski definition) is 5. The molecule has 59 heavy (non-hydrogen) atoms. The van der Waals surface area contributed by atoms with Crippen molar-refractivity contribution in [3.8, 4) is 0 Å². The van der Waals surface area contributed by atoms with Gasteiger partial charge in [0, 0.05) is 6.42 Å². The molecule has 0 rings (SSSR count). The molecule has 0 aromatic carbocycles. The molecule has 3 N–H and O–H groups in total. The first-order valence-corrected chi connectivity index (χ1v) is 24.7. The molecule has 0 aliphatic heterocycles. The van der Waals surface area contributed by atoms with E-state index in [-0.39, 0.29) is 24.9 Å². The number of rotatable bonds is 43. The largest absolute Gasteiger partial charge is 0.462 e. The molecule has 0 saturated heterocycles. The Morgan fingerprint density at radius 3 is 1.46 bits per heavy atom. The van der Waals surface area contributed by atoms with Gasteiger partial charge in [-0.2, -0.15) is 0 Å². The standard InChI is InChI=1S/C53H93NO5/c1-4-7-10-13-16-19-22-24-25-26-27-29-30-33-36-39-42-45-51(56)50(48-55)54-52(57)47-49(44-41-38-35-32-21-18-15-12-9-6-3)59-53(58)46-43-40-37-34-31-28-23-20-17-14-11-8-5-2/h8,11,14,17-18,20-21,23,28,31,34,37,49-51,55-56H,4-7,9-10,12-13,15-16,19,22,24-27,29-30,32-33,35-36,38-48H2,1-3H3,(H,54,57)/b11-8+,17-14+,21-18-,23-20-,31-28-,37-34+. The normalized spacial score (nSPS) is 13.9. The second-order valence-electron chi connectivity index (χ2n) is 16.6. The highest BCUT2D eigenvalue weighted by Gasteiger charge is 2.24. The monoisotopic (exact) mass is 824 g/mol. The van der Waals surface area contributed by atoms with Gasteiger partial charge in [0.15, 0.2) is 0 Å². The van der Waals surface area contributed by atoms with E-state index in [0.29, 0.717) is 25.7 Å². The first kappa shape index (κ1) is 56.3. The molecule has 3 unspecified atom stereocenters. The van der Waals surface area contributed by atoms with Gasteiger partial charge in [0.25, 0.3) is 0 Å². The van der Waals surface area contributed by atoms with Crippen LogP contribution in [-0.2, 0) is 14.3 Å². The molecule has 3 atom stereocenters. The Bertz CT molecular complexity index is 1110.